The number of carbonyl (C=O) groups is 3. The van der Waals surface area contributed by atoms with Gasteiger partial charge in [-0.25, -0.2) is 14.8 Å². The first kappa shape index (κ1) is 19.8. The lowest BCUT2D eigenvalue weighted by Crippen LogP contribution is -2.55. The third kappa shape index (κ3) is 4.00. The van der Waals surface area contributed by atoms with E-state index in [0.29, 0.717) is 37.6 Å². The molecule has 8 nitrogen and oxygen atoms in total. The Morgan fingerprint density at radius 2 is 1.85 bits per heavy atom. The molecule has 1 aromatic heterocycles. The van der Waals surface area contributed by atoms with Gasteiger partial charge in [-0.1, -0.05) is 6.92 Å². The molecule has 1 atom stereocenters. The van der Waals surface area contributed by atoms with E-state index in [2.05, 4.69) is 9.97 Å². The van der Waals surface area contributed by atoms with Crippen LogP contribution < -0.4 is 0 Å². The summed E-state index contributed by atoms with van der Waals surface area (Å²) in [6.45, 7) is 10.3. The van der Waals surface area contributed by atoms with Gasteiger partial charge in [0.25, 0.3) is 5.91 Å². The number of ether oxygens (including phenoxy) is 1. The highest BCUT2D eigenvalue weighted by molar-refractivity contribution is 6.04. The predicted molar refractivity (Wildman–Crippen MR) is 94.8 cm³/mol. The SMILES string of the molecule is CCOC(=O)c1c(C)nc(C)nc1C(=O)N1CCN(C(=O)CC)[C@@H](C)C1. The monoisotopic (exact) mass is 362 g/mol. The fourth-order valence-corrected chi connectivity index (χ4v) is 3.18. The summed E-state index contributed by atoms with van der Waals surface area (Å²) in [6, 6.07) is -0.0878. The van der Waals surface area contributed by atoms with Gasteiger partial charge in [0.15, 0.2) is 0 Å². The molecule has 0 aromatic carbocycles. The smallest absolute Gasteiger partial charge is 0.342 e. The third-order valence-corrected chi connectivity index (χ3v) is 4.42. The third-order valence-electron chi connectivity index (χ3n) is 4.42. The average Bonchev–Trinajstić information content (AvgIpc) is 2.59. The maximum Gasteiger partial charge on any atom is 0.342 e. The van der Waals surface area contributed by atoms with Crippen LogP contribution in [0.4, 0.5) is 0 Å². The Hall–Kier alpha value is -2.51. The van der Waals surface area contributed by atoms with E-state index >= 15 is 0 Å². The van der Waals surface area contributed by atoms with Gasteiger partial charge >= 0.3 is 5.97 Å². The van der Waals surface area contributed by atoms with Gasteiger partial charge in [-0.2, -0.15) is 0 Å². The van der Waals surface area contributed by atoms with Crippen molar-refractivity contribution in [1.29, 1.82) is 0 Å². The van der Waals surface area contributed by atoms with Crippen molar-refractivity contribution in [2.24, 2.45) is 0 Å². The summed E-state index contributed by atoms with van der Waals surface area (Å²) >= 11 is 0. The van der Waals surface area contributed by atoms with Crippen molar-refractivity contribution in [3.63, 3.8) is 0 Å². The molecule has 0 radical (unpaired) electrons. The van der Waals surface area contributed by atoms with Crippen LogP contribution in [0.1, 0.15) is 59.6 Å². The van der Waals surface area contributed by atoms with E-state index in [1.807, 2.05) is 13.8 Å². The molecule has 1 fully saturated rings. The van der Waals surface area contributed by atoms with Crippen LogP contribution in [0.25, 0.3) is 0 Å². The van der Waals surface area contributed by atoms with E-state index in [9.17, 15) is 14.4 Å². The number of nitrogens with zero attached hydrogens (tertiary/aromatic N) is 4. The number of amides is 2. The van der Waals surface area contributed by atoms with E-state index in [0.717, 1.165) is 0 Å². The first-order valence-corrected chi connectivity index (χ1v) is 8.91. The summed E-state index contributed by atoms with van der Waals surface area (Å²) in [5, 5.41) is 0. The molecule has 0 aliphatic carbocycles. The van der Waals surface area contributed by atoms with Crippen molar-refractivity contribution < 1.29 is 19.1 Å². The topological polar surface area (TPSA) is 92.7 Å². The number of piperazine rings is 1. The molecule has 2 rings (SSSR count). The standard InChI is InChI=1S/C18H26N4O4/c1-6-14(23)22-9-8-21(10-11(22)3)17(24)16-15(18(25)26-7-2)12(4)19-13(5)20-16/h11H,6-10H2,1-5H3/t11-/m0/s1. The van der Waals surface area contributed by atoms with Crippen LogP contribution in [0.5, 0.6) is 0 Å². The highest BCUT2D eigenvalue weighted by Crippen LogP contribution is 2.18. The lowest BCUT2D eigenvalue weighted by Gasteiger charge is -2.39. The van der Waals surface area contributed by atoms with E-state index in [4.69, 9.17) is 4.74 Å². The Kier molecular flexibility index (Phi) is 6.28. The molecule has 1 saturated heterocycles. The van der Waals surface area contributed by atoms with Gasteiger partial charge in [-0.05, 0) is 27.7 Å². The van der Waals surface area contributed by atoms with Crippen molar-refractivity contribution in [3.05, 3.63) is 22.8 Å². The average molecular weight is 362 g/mol. The fraction of sp³-hybridized carbons (Fsp3) is 0.611. The van der Waals surface area contributed by atoms with Crippen molar-refractivity contribution >= 4 is 17.8 Å². The van der Waals surface area contributed by atoms with Crippen LogP contribution in [0, 0.1) is 13.8 Å². The number of esters is 1. The van der Waals surface area contributed by atoms with Crippen LogP contribution in [0.2, 0.25) is 0 Å². The number of aromatic nitrogens is 2. The highest BCUT2D eigenvalue weighted by atomic mass is 16.5. The Balaban J connectivity index is 2.30. The molecule has 142 valence electrons. The highest BCUT2D eigenvalue weighted by Gasteiger charge is 2.33. The molecule has 0 N–H and O–H groups in total. The number of rotatable bonds is 4. The van der Waals surface area contributed by atoms with E-state index < -0.39 is 5.97 Å². The van der Waals surface area contributed by atoms with Gasteiger partial charge in [-0.15, -0.1) is 0 Å². The molecule has 2 amide bonds. The van der Waals surface area contributed by atoms with Crippen molar-refractivity contribution in [3.8, 4) is 0 Å². The molecule has 0 spiro atoms. The van der Waals surface area contributed by atoms with Crippen molar-refractivity contribution in [1.82, 2.24) is 19.8 Å². The molecule has 1 aromatic rings. The summed E-state index contributed by atoms with van der Waals surface area (Å²) < 4.78 is 5.07. The van der Waals surface area contributed by atoms with Gasteiger partial charge in [-0.3, -0.25) is 9.59 Å². The Bertz CT molecular complexity index is 719. The summed E-state index contributed by atoms with van der Waals surface area (Å²) in [5.41, 5.74) is 0.602. The summed E-state index contributed by atoms with van der Waals surface area (Å²) in [5.74, 6) is -0.435. The zero-order valence-electron chi connectivity index (χ0n) is 16.0. The minimum atomic E-state index is -0.596. The van der Waals surface area contributed by atoms with Gasteiger partial charge in [0.2, 0.25) is 5.91 Å². The minimum absolute atomic E-state index is 0.0657. The van der Waals surface area contributed by atoms with Gasteiger partial charge in [0, 0.05) is 32.1 Å². The molecule has 2 heterocycles. The summed E-state index contributed by atoms with van der Waals surface area (Å²) in [7, 11) is 0. The summed E-state index contributed by atoms with van der Waals surface area (Å²) in [4.78, 5) is 49.2. The lowest BCUT2D eigenvalue weighted by molar-refractivity contribution is -0.134. The van der Waals surface area contributed by atoms with E-state index in [-0.39, 0.29) is 35.7 Å². The maximum atomic E-state index is 13.0. The van der Waals surface area contributed by atoms with Crippen LogP contribution in [-0.4, -0.2) is 69.8 Å². The van der Waals surface area contributed by atoms with Crippen LogP contribution in [0.3, 0.4) is 0 Å². The second-order valence-electron chi connectivity index (χ2n) is 6.34. The second kappa shape index (κ2) is 8.25. The maximum absolute atomic E-state index is 13.0. The van der Waals surface area contributed by atoms with Crippen LogP contribution in [-0.2, 0) is 9.53 Å². The lowest BCUT2D eigenvalue weighted by atomic mass is 10.1. The molecule has 26 heavy (non-hydrogen) atoms. The Morgan fingerprint density at radius 1 is 1.15 bits per heavy atom. The largest absolute Gasteiger partial charge is 0.462 e. The van der Waals surface area contributed by atoms with Gasteiger partial charge in [0.05, 0.1) is 12.3 Å². The van der Waals surface area contributed by atoms with Crippen molar-refractivity contribution in [2.75, 3.05) is 26.2 Å². The minimum Gasteiger partial charge on any atom is -0.462 e. The molecule has 1 aliphatic heterocycles. The van der Waals surface area contributed by atoms with Crippen LogP contribution in [0.15, 0.2) is 0 Å². The molecule has 0 bridgehead atoms. The second-order valence-corrected chi connectivity index (χ2v) is 6.34. The van der Waals surface area contributed by atoms with Crippen molar-refractivity contribution in [2.45, 2.75) is 47.1 Å². The zero-order valence-corrected chi connectivity index (χ0v) is 16.0. The predicted octanol–water partition coefficient (Wildman–Crippen LogP) is 1.35. The number of hydrogen-bond donors (Lipinski definition) is 0. The fourth-order valence-electron chi connectivity index (χ4n) is 3.18. The quantitative estimate of drug-likeness (QED) is 0.751. The molecule has 0 saturated carbocycles. The van der Waals surface area contributed by atoms with Crippen LogP contribution >= 0.6 is 0 Å². The number of carbonyl (C=O) groups excluding carboxylic acids is 3. The van der Waals surface area contributed by atoms with E-state index in [1.54, 1.807) is 30.6 Å². The molecular weight excluding hydrogens is 336 g/mol. The first-order valence-electron chi connectivity index (χ1n) is 8.91. The Labute approximate surface area is 153 Å². The first-order chi connectivity index (χ1) is 12.3. The molecule has 1 aliphatic rings. The van der Waals surface area contributed by atoms with Gasteiger partial charge < -0.3 is 14.5 Å². The Morgan fingerprint density at radius 3 is 2.42 bits per heavy atom. The molecule has 0 unspecified atom stereocenters. The molecular formula is C18H26N4O4. The zero-order chi connectivity index (χ0) is 19.4. The molecule has 8 heteroatoms. The van der Waals surface area contributed by atoms with E-state index in [1.165, 1.54) is 0 Å². The number of hydrogen-bond acceptors (Lipinski definition) is 6. The van der Waals surface area contributed by atoms with Gasteiger partial charge in [0.1, 0.15) is 17.1 Å². The summed E-state index contributed by atoms with van der Waals surface area (Å²) in [6.07, 6.45) is 0.440. The number of aryl methyl sites for hydroxylation is 2. The normalized spacial score (nSPS) is 17.2.